The van der Waals surface area contributed by atoms with Crippen LogP contribution in [0.3, 0.4) is 0 Å². The van der Waals surface area contributed by atoms with Crippen molar-refractivity contribution >= 4 is 5.97 Å². The van der Waals surface area contributed by atoms with E-state index in [1.807, 2.05) is 0 Å². The third kappa shape index (κ3) is 2.97. The first kappa shape index (κ1) is 11.0. The molecule has 0 amide bonds. The number of carboxylic acids is 1. The molecule has 2 N–H and O–H groups in total. The molecule has 0 heterocycles. The van der Waals surface area contributed by atoms with Crippen molar-refractivity contribution in [1.82, 2.24) is 0 Å². The molecule has 1 atom stereocenters. The van der Waals surface area contributed by atoms with Crippen molar-refractivity contribution < 1.29 is 19.7 Å². The van der Waals surface area contributed by atoms with E-state index in [0.717, 1.165) is 18.4 Å². The molecule has 4 heteroatoms. The van der Waals surface area contributed by atoms with Crippen LogP contribution in [0.4, 0.5) is 0 Å². The molecule has 0 spiro atoms. The standard InChI is InChI=1S/C12H14O4/c13-9-3-1-8(2-4-9)7-11(12(14)15)16-10-5-6-10/h1-4,10-11,13H,5-7H2,(H,14,15)/t11-/m0/s1. The minimum Gasteiger partial charge on any atom is -0.508 e. The quantitative estimate of drug-likeness (QED) is 0.793. The monoisotopic (exact) mass is 222 g/mol. The lowest BCUT2D eigenvalue weighted by Gasteiger charge is -2.13. The van der Waals surface area contributed by atoms with Gasteiger partial charge in [0.05, 0.1) is 6.10 Å². The lowest BCUT2D eigenvalue weighted by molar-refractivity contribution is -0.151. The van der Waals surface area contributed by atoms with Gasteiger partial charge in [0.25, 0.3) is 0 Å². The van der Waals surface area contributed by atoms with E-state index in [0.29, 0.717) is 6.42 Å². The molecule has 1 fully saturated rings. The Kier molecular flexibility index (Phi) is 3.10. The maximum atomic E-state index is 11.0. The summed E-state index contributed by atoms with van der Waals surface area (Å²) in [7, 11) is 0. The summed E-state index contributed by atoms with van der Waals surface area (Å²) in [4.78, 5) is 11.0. The smallest absolute Gasteiger partial charge is 0.333 e. The van der Waals surface area contributed by atoms with Gasteiger partial charge in [-0.05, 0) is 30.5 Å². The predicted octanol–water partition coefficient (Wildman–Crippen LogP) is 1.57. The van der Waals surface area contributed by atoms with Crippen molar-refractivity contribution in [3.63, 3.8) is 0 Å². The molecule has 1 aromatic carbocycles. The van der Waals surface area contributed by atoms with Gasteiger partial charge in [-0.25, -0.2) is 4.79 Å². The normalized spacial score (nSPS) is 17.0. The number of phenolic OH excluding ortho intramolecular Hbond substituents is 1. The van der Waals surface area contributed by atoms with E-state index in [2.05, 4.69) is 0 Å². The molecule has 1 aromatic rings. The Bertz CT molecular complexity index is 367. The van der Waals surface area contributed by atoms with Gasteiger partial charge in [0, 0.05) is 6.42 Å². The molecule has 86 valence electrons. The highest BCUT2D eigenvalue weighted by Crippen LogP contribution is 2.26. The van der Waals surface area contributed by atoms with Crippen LogP contribution in [0.25, 0.3) is 0 Å². The first-order valence-corrected chi connectivity index (χ1v) is 5.31. The lowest BCUT2D eigenvalue weighted by Crippen LogP contribution is -2.27. The molecule has 4 nitrogen and oxygen atoms in total. The molecule has 1 saturated carbocycles. The van der Waals surface area contributed by atoms with Crippen molar-refractivity contribution in [3.8, 4) is 5.75 Å². The Morgan fingerprint density at radius 1 is 1.38 bits per heavy atom. The van der Waals surface area contributed by atoms with Crippen LogP contribution in [0, 0.1) is 0 Å². The van der Waals surface area contributed by atoms with E-state index in [1.54, 1.807) is 24.3 Å². The van der Waals surface area contributed by atoms with Gasteiger partial charge in [0.15, 0.2) is 6.10 Å². The summed E-state index contributed by atoms with van der Waals surface area (Å²) in [5, 5.41) is 18.1. The fraction of sp³-hybridized carbons (Fsp3) is 0.417. The van der Waals surface area contributed by atoms with E-state index in [9.17, 15) is 4.79 Å². The summed E-state index contributed by atoms with van der Waals surface area (Å²) in [6.07, 6.45) is 1.60. The van der Waals surface area contributed by atoms with Crippen LogP contribution in [0.15, 0.2) is 24.3 Å². The van der Waals surface area contributed by atoms with Crippen molar-refractivity contribution in [1.29, 1.82) is 0 Å². The van der Waals surface area contributed by atoms with Gasteiger partial charge in [-0.3, -0.25) is 0 Å². The third-order valence-electron chi connectivity index (χ3n) is 2.51. The zero-order chi connectivity index (χ0) is 11.5. The molecule has 0 bridgehead atoms. The fourth-order valence-corrected chi connectivity index (χ4v) is 1.48. The molecule has 16 heavy (non-hydrogen) atoms. The number of hydrogen-bond acceptors (Lipinski definition) is 3. The van der Waals surface area contributed by atoms with Crippen LogP contribution in [-0.4, -0.2) is 28.4 Å². The van der Waals surface area contributed by atoms with Crippen LogP contribution in [0.5, 0.6) is 5.75 Å². The predicted molar refractivity (Wildman–Crippen MR) is 57.3 cm³/mol. The maximum absolute atomic E-state index is 11.0. The van der Waals surface area contributed by atoms with Gasteiger partial charge >= 0.3 is 5.97 Å². The second kappa shape index (κ2) is 4.53. The van der Waals surface area contributed by atoms with Gasteiger partial charge in [-0.15, -0.1) is 0 Å². The lowest BCUT2D eigenvalue weighted by atomic mass is 10.1. The highest BCUT2D eigenvalue weighted by Gasteiger charge is 2.29. The number of ether oxygens (including phenoxy) is 1. The summed E-state index contributed by atoms with van der Waals surface area (Å²) >= 11 is 0. The number of phenols is 1. The minimum atomic E-state index is -0.931. The summed E-state index contributed by atoms with van der Waals surface area (Å²) in [5.41, 5.74) is 0.853. The largest absolute Gasteiger partial charge is 0.508 e. The Morgan fingerprint density at radius 2 is 2.00 bits per heavy atom. The van der Waals surface area contributed by atoms with Crippen LogP contribution < -0.4 is 0 Å². The summed E-state index contributed by atoms with van der Waals surface area (Å²) in [5.74, 6) is -0.751. The van der Waals surface area contributed by atoms with Gasteiger partial charge in [0.1, 0.15) is 5.75 Å². The van der Waals surface area contributed by atoms with Crippen molar-refractivity contribution in [3.05, 3.63) is 29.8 Å². The second-order valence-electron chi connectivity index (χ2n) is 4.03. The first-order chi connectivity index (χ1) is 7.65. The average Bonchev–Trinajstić information content (AvgIpc) is 3.04. The molecule has 1 aliphatic carbocycles. The third-order valence-corrected chi connectivity index (χ3v) is 2.51. The molecule has 0 aromatic heterocycles. The van der Waals surface area contributed by atoms with Crippen LogP contribution in [-0.2, 0) is 16.0 Å². The SMILES string of the molecule is O=C(O)[C@H](Cc1ccc(O)cc1)OC1CC1. The molecular weight excluding hydrogens is 208 g/mol. The maximum Gasteiger partial charge on any atom is 0.333 e. The number of carbonyl (C=O) groups is 1. The molecule has 0 aliphatic heterocycles. The zero-order valence-corrected chi connectivity index (χ0v) is 8.80. The Balaban J connectivity index is 1.98. The number of benzene rings is 1. The van der Waals surface area contributed by atoms with E-state index in [4.69, 9.17) is 14.9 Å². The zero-order valence-electron chi connectivity index (χ0n) is 8.80. The number of hydrogen-bond donors (Lipinski definition) is 2. The van der Waals surface area contributed by atoms with Crippen LogP contribution in [0.2, 0.25) is 0 Å². The second-order valence-corrected chi connectivity index (χ2v) is 4.03. The minimum absolute atomic E-state index is 0.123. The highest BCUT2D eigenvalue weighted by atomic mass is 16.5. The van der Waals surface area contributed by atoms with Gasteiger partial charge in [-0.2, -0.15) is 0 Å². The van der Waals surface area contributed by atoms with Crippen LogP contribution >= 0.6 is 0 Å². The Hall–Kier alpha value is -1.55. The molecule has 0 unspecified atom stereocenters. The topological polar surface area (TPSA) is 66.8 Å². The van der Waals surface area contributed by atoms with Gasteiger partial charge in [-0.1, -0.05) is 12.1 Å². The molecular formula is C12H14O4. The summed E-state index contributed by atoms with van der Waals surface area (Å²) in [6, 6.07) is 6.51. The first-order valence-electron chi connectivity index (χ1n) is 5.31. The van der Waals surface area contributed by atoms with Crippen molar-refractivity contribution in [2.45, 2.75) is 31.5 Å². The Labute approximate surface area is 93.5 Å². The number of aromatic hydroxyl groups is 1. The van der Waals surface area contributed by atoms with E-state index < -0.39 is 12.1 Å². The van der Waals surface area contributed by atoms with E-state index in [-0.39, 0.29) is 11.9 Å². The van der Waals surface area contributed by atoms with E-state index in [1.165, 1.54) is 0 Å². The molecule has 0 saturated heterocycles. The molecule has 0 radical (unpaired) electrons. The highest BCUT2D eigenvalue weighted by molar-refractivity contribution is 5.72. The summed E-state index contributed by atoms with van der Waals surface area (Å²) in [6.45, 7) is 0. The summed E-state index contributed by atoms with van der Waals surface area (Å²) < 4.78 is 5.39. The molecule has 2 rings (SSSR count). The van der Waals surface area contributed by atoms with E-state index >= 15 is 0 Å². The van der Waals surface area contributed by atoms with Gasteiger partial charge in [0.2, 0.25) is 0 Å². The number of aliphatic carboxylic acids is 1. The van der Waals surface area contributed by atoms with Crippen molar-refractivity contribution in [2.75, 3.05) is 0 Å². The number of rotatable bonds is 5. The van der Waals surface area contributed by atoms with Gasteiger partial charge < -0.3 is 14.9 Å². The Morgan fingerprint density at radius 3 is 2.50 bits per heavy atom. The number of carboxylic acid groups (broad SMARTS) is 1. The fourth-order valence-electron chi connectivity index (χ4n) is 1.48. The van der Waals surface area contributed by atoms with Crippen LogP contribution in [0.1, 0.15) is 18.4 Å². The van der Waals surface area contributed by atoms with Crippen molar-refractivity contribution in [2.24, 2.45) is 0 Å². The average molecular weight is 222 g/mol. The molecule has 1 aliphatic rings.